The van der Waals surface area contributed by atoms with E-state index in [1.165, 1.54) is 41.2 Å². The zero-order valence-corrected chi connectivity index (χ0v) is 18.8. The highest BCUT2D eigenvalue weighted by atomic mass is 32.2. The summed E-state index contributed by atoms with van der Waals surface area (Å²) in [6.07, 6.45) is -0.834. The number of hydrogen-bond acceptors (Lipinski definition) is 7. The van der Waals surface area contributed by atoms with Crippen LogP contribution in [0.15, 0.2) is 46.2 Å². The molecular weight excluding hydrogens is 467 g/mol. The van der Waals surface area contributed by atoms with Crippen molar-refractivity contribution in [2.24, 2.45) is 0 Å². The summed E-state index contributed by atoms with van der Waals surface area (Å²) in [5.41, 5.74) is -1.26. The van der Waals surface area contributed by atoms with Crippen molar-refractivity contribution in [1.29, 1.82) is 5.26 Å². The zero-order chi connectivity index (χ0) is 24.7. The van der Waals surface area contributed by atoms with E-state index in [4.69, 9.17) is 0 Å². The van der Waals surface area contributed by atoms with Gasteiger partial charge in [-0.1, -0.05) is 0 Å². The number of amides is 1. The van der Waals surface area contributed by atoms with Crippen molar-refractivity contribution in [2.45, 2.75) is 29.4 Å². The number of rotatable bonds is 5. The molecule has 0 bridgehead atoms. The molecule has 1 amide bonds. The van der Waals surface area contributed by atoms with Gasteiger partial charge in [-0.15, -0.1) is 0 Å². The highest BCUT2D eigenvalue weighted by Gasteiger charge is 2.48. The number of likely N-dealkylation sites (tertiary alicyclic amines) is 1. The Bertz CT molecular complexity index is 1460. The van der Waals surface area contributed by atoms with Crippen molar-refractivity contribution in [3.8, 4) is 6.07 Å². The number of aromatic amines is 1. The fraction of sp³-hybridized carbons (Fsp3) is 0.333. The Labute approximate surface area is 193 Å². The van der Waals surface area contributed by atoms with Crippen molar-refractivity contribution in [3.63, 3.8) is 0 Å². The number of hydrogen-bond donors (Lipinski definition) is 3. The van der Waals surface area contributed by atoms with E-state index in [9.17, 15) is 28.4 Å². The summed E-state index contributed by atoms with van der Waals surface area (Å²) in [5.74, 6) is 0.0918. The first-order chi connectivity index (χ1) is 16.1. The number of pyridine rings is 1. The molecule has 0 saturated carbocycles. The summed E-state index contributed by atoms with van der Waals surface area (Å²) in [7, 11) is -3.40. The summed E-state index contributed by atoms with van der Waals surface area (Å²) in [4.78, 5) is 27.6. The third-order valence-electron chi connectivity index (χ3n) is 6.00. The molecule has 2 aromatic heterocycles. The third kappa shape index (κ3) is 3.96. The summed E-state index contributed by atoms with van der Waals surface area (Å²) >= 11 is 0. The first-order valence-electron chi connectivity index (χ1n) is 10.2. The average molecular weight is 489 g/mol. The predicted octanol–water partition coefficient (Wildman–Crippen LogP) is 2.20. The van der Waals surface area contributed by atoms with Crippen molar-refractivity contribution < 1.29 is 22.7 Å². The molecule has 0 aliphatic carbocycles. The van der Waals surface area contributed by atoms with E-state index in [0.717, 1.165) is 11.2 Å². The van der Waals surface area contributed by atoms with Gasteiger partial charge in [-0.25, -0.2) is 17.6 Å². The standard InChI is InChI=1S/C21H21FN6O5S/c1-34(32,33)14-4-2-13(3-5-14)25-18-17-15(6-10-24-19(17)29)28(26-18)21(7-9-23)8-11-27(20(30)31)12-16(21)22/h2-6,10,16H,7-8,11-12H2,1H3,(H,24,29)(H,25,26)(H,30,31). The highest BCUT2D eigenvalue weighted by molar-refractivity contribution is 7.90. The Morgan fingerprint density at radius 3 is 2.68 bits per heavy atom. The van der Waals surface area contributed by atoms with Crippen LogP contribution in [-0.2, 0) is 15.4 Å². The van der Waals surface area contributed by atoms with Crippen LogP contribution >= 0.6 is 0 Å². The number of anilines is 2. The van der Waals surface area contributed by atoms with Crippen molar-refractivity contribution >= 4 is 38.3 Å². The molecule has 4 rings (SSSR count). The maximum absolute atomic E-state index is 15.5. The van der Waals surface area contributed by atoms with E-state index in [1.807, 2.05) is 6.07 Å². The van der Waals surface area contributed by atoms with Crippen LogP contribution < -0.4 is 10.9 Å². The van der Waals surface area contributed by atoms with Gasteiger partial charge >= 0.3 is 6.09 Å². The van der Waals surface area contributed by atoms with Gasteiger partial charge in [0, 0.05) is 24.7 Å². The maximum Gasteiger partial charge on any atom is 0.407 e. The monoisotopic (exact) mass is 488 g/mol. The SMILES string of the molecule is CS(=O)(=O)c1ccc(Nc2nn(C3(CC#N)CCN(C(=O)O)CC3F)c3cc[nH]c(=O)c23)cc1. The van der Waals surface area contributed by atoms with Gasteiger partial charge in [0.05, 0.1) is 29.4 Å². The van der Waals surface area contributed by atoms with Gasteiger partial charge in [0.15, 0.2) is 15.7 Å². The van der Waals surface area contributed by atoms with Gasteiger partial charge in [0.25, 0.3) is 5.56 Å². The number of nitrogens with zero attached hydrogens (tertiary/aromatic N) is 4. The molecule has 1 aromatic carbocycles. The molecule has 34 heavy (non-hydrogen) atoms. The molecule has 0 radical (unpaired) electrons. The van der Waals surface area contributed by atoms with Gasteiger partial charge in [-0.2, -0.15) is 10.4 Å². The van der Waals surface area contributed by atoms with Crippen LogP contribution in [0.1, 0.15) is 12.8 Å². The Balaban J connectivity index is 1.82. The maximum atomic E-state index is 15.5. The van der Waals surface area contributed by atoms with Crippen molar-refractivity contribution in [3.05, 3.63) is 46.9 Å². The zero-order valence-electron chi connectivity index (χ0n) is 18.0. The van der Waals surface area contributed by atoms with Crippen LogP contribution in [-0.4, -0.2) is 64.8 Å². The molecule has 13 heteroatoms. The molecule has 1 aliphatic heterocycles. The van der Waals surface area contributed by atoms with Gasteiger partial charge in [-0.05, 0) is 36.8 Å². The van der Waals surface area contributed by atoms with Crippen molar-refractivity contribution in [1.82, 2.24) is 19.7 Å². The van der Waals surface area contributed by atoms with E-state index in [0.29, 0.717) is 5.69 Å². The molecule has 1 fully saturated rings. The van der Waals surface area contributed by atoms with E-state index in [-0.39, 0.29) is 41.0 Å². The van der Waals surface area contributed by atoms with E-state index >= 15 is 4.39 Å². The van der Waals surface area contributed by atoms with Crippen LogP contribution in [0.2, 0.25) is 0 Å². The molecule has 0 spiro atoms. The number of nitrogens with one attached hydrogen (secondary N) is 2. The number of sulfone groups is 1. The number of fused-ring (bicyclic) bond motifs is 1. The number of H-pyrrole nitrogens is 1. The fourth-order valence-electron chi connectivity index (χ4n) is 4.19. The number of carbonyl (C=O) groups is 1. The van der Waals surface area contributed by atoms with Crippen LogP contribution in [0, 0.1) is 11.3 Å². The number of aromatic nitrogens is 3. The topological polar surface area (TPSA) is 161 Å². The van der Waals surface area contributed by atoms with Gasteiger partial charge in [0.2, 0.25) is 0 Å². The molecule has 3 N–H and O–H groups in total. The number of piperidine rings is 1. The molecule has 11 nitrogen and oxygen atoms in total. The summed E-state index contributed by atoms with van der Waals surface area (Å²) in [6, 6.07) is 9.33. The first-order valence-corrected chi connectivity index (χ1v) is 12.1. The first kappa shape index (κ1) is 23.2. The highest BCUT2D eigenvalue weighted by Crippen LogP contribution is 2.39. The second kappa shape index (κ2) is 8.45. The lowest BCUT2D eigenvalue weighted by Gasteiger charge is -2.42. The van der Waals surface area contributed by atoms with Crippen LogP contribution in [0.3, 0.4) is 0 Å². The average Bonchev–Trinajstić information content (AvgIpc) is 3.15. The number of benzene rings is 1. The quantitative estimate of drug-likeness (QED) is 0.492. The molecular formula is C21H21FN6O5S. The summed E-state index contributed by atoms with van der Waals surface area (Å²) in [6.45, 7) is -0.436. The minimum absolute atomic E-state index is 0.00229. The van der Waals surface area contributed by atoms with Crippen LogP contribution in [0.4, 0.5) is 20.7 Å². The molecule has 2 unspecified atom stereocenters. The predicted molar refractivity (Wildman–Crippen MR) is 121 cm³/mol. The van der Waals surface area contributed by atoms with Crippen LogP contribution in [0.5, 0.6) is 0 Å². The molecule has 1 saturated heterocycles. The lowest BCUT2D eigenvalue weighted by molar-refractivity contribution is 0.0170. The number of halogens is 1. The second-order valence-electron chi connectivity index (χ2n) is 8.13. The normalized spacial score (nSPS) is 20.7. The lowest BCUT2D eigenvalue weighted by atomic mass is 9.83. The molecule has 3 heterocycles. The van der Waals surface area contributed by atoms with E-state index in [2.05, 4.69) is 15.4 Å². The van der Waals surface area contributed by atoms with E-state index < -0.39 is 39.7 Å². The Hall–Kier alpha value is -3.92. The smallest absolute Gasteiger partial charge is 0.407 e. The molecule has 3 aromatic rings. The molecule has 2 atom stereocenters. The number of carboxylic acid groups (broad SMARTS) is 1. The number of alkyl halides is 1. The summed E-state index contributed by atoms with van der Waals surface area (Å²) < 4.78 is 40.2. The molecule has 178 valence electrons. The lowest BCUT2D eigenvalue weighted by Crippen LogP contribution is -2.56. The van der Waals surface area contributed by atoms with Crippen molar-refractivity contribution in [2.75, 3.05) is 24.7 Å². The van der Waals surface area contributed by atoms with Gasteiger partial charge < -0.3 is 20.3 Å². The van der Waals surface area contributed by atoms with Crippen LogP contribution in [0.25, 0.3) is 10.9 Å². The fourth-order valence-corrected chi connectivity index (χ4v) is 4.82. The Morgan fingerprint density at radius 1 is 1.38 bits per heavy atom. The minimum atomic E-state index is -3.40. The third-order valence-corrected chi connectivity index (χ3v) is 7.13. The Kier molecular flexibility index (Phi) is 5.78. The van der Waals surface area contributed by atoms with Gasteiger partial charge in [-0.3, -0.25) is 9.48 Å². The van der Waals surface area contributed by atoms with Gasteiger partial charge in [0.1, 0.15) is 17.1 Å². The largest absolute Gasteiger partial charge is 0.465 e. The second-order valence-corrected chi connectivity index (χ2v) is 10.1. The molecule has 1 aliphatic rings. The Morgan fingerprint density at radius 2 is 2.09 bits per heavy atom. The summed E-state index contributed by atoms with van der Waals surface area (Å²) in [5, 5.41) is 26.3. The number of nitriles is 1. The minimum Gasteiger partial charge on any atom is -0.465 e. The van der Waals surface area contributed by atoms with E-state index in [1.54, 1.807) is 0 Å².